The van der Waals surface area contributed by atoms with E-state index in [1.807, 2.05) is 0 Å². The van der Waals surface area contributed by atoms with Crippen molar-refractivity contribution in [1.29, 1.82) is 0 Å². The highest BCUT2D eigenvalue weighted by atomic mass is 19.1. The number of hydrogen-bond acceptors (Lipinski definition) is 6. The van der Waals surface area contributed by atoms with Crippen molar-refractivity contribution in [3.63, 3.8) is 0 Å². The lowest BCUT2D eigenvalue weighted by Crippen LogP contribution is -2.32. The van der Waals surface area contributed by atoms with Crippen LogP contribution >= 0.6 is 0 Å². The van der Waals surface area contributed by atoms with Crippen LogP contribution < -0.4 is 16.1 Å². The van der Waals surface area contributed by atoms with Gasteiger partial charge in [0.1, 0.15) is 17.0 Å². The number of fused-ring (bicyclic) bond motifs is 1. The maximum atomic E-state index is 15.1. The summed E-state index contributed by atoms with van der Waals surface area (Å²) < 4.78 is 36.4. The molecule has 10 heteroatoms. The van der Waals surface area contributed by atoms with Crippen LogP contribution in [-0.2, 0) is 4.74 Å². The van der Waals surface area contributed by atoms with Gasteiger partial charge in [0.25, 0.3) is 0 Å². The van der Waals surface area contributed by atoms with E-state index >= 15 is 4.39 Å². The number of aromatic nitrogens is 2. The average Bonchev–Trinajstić information content (AvgIpc) is 3.55. The fourth-order valence-electron chi connectivity index (χ4n) is 3.66. The maximum absolute atomic E-state index is 15.1. The zero-order valence-electron chi connectivity index (χ0n) is 16.4. The minimum Gasteiger partial charge on any atom is -0.477 e. The molecule has 1 atom stereocenters. The number of nitrogens with two attached hydrogens (primary N) is 1. The topological polar surface area (TPSA) is 111 Å². The van der Waals surface area contributed by atoms with Crippen molar-refractivity contribution in [2.45, 2.75) is 31.9 Å². The highest BCUT2D eigenvalue weighted by Gasteiger charge is 2.30. The Morgan fingerprint density at radius 3 is 2.80 bits per heavy atom. The molecule has 3 N–H and O–H groups in total. The van der Waals surface area contributed by atoms with Crippen molar-refractivity contribution in [2.75, 3.05) is 31.1 Å². The van der Waals surface area contributed by atoms with E-state index in [1.165, 1.54) is 6.20 Å². The minimum atomic E-state index is -1.37. The van der Waals surface area contributed by atoms with Gasteiger partial charge in [-0.3, -0.25) is 4.79 Å². The van der Waals surface area contributed by atoms with Crippen LogP contribution in [0.3, 0.4) is 0 Å². The zero-order chi connectivity index (χ0) is 21.6. The van der Waals surface area contributed by atoms with Gasteiger partial charge in [0.2, 0.25) is 5.43 Å². The highest BCUT2D eigenvalue weighted by Crippen LogP contribution is 2.37. The number of anilines is 1. The van der Waals surface area contributed by atoms with Crippen molar-refractivity contribution in [3.05, 3.63) is 45.3 Å². The lowest BCUT2D eigenvalue weighted by molar-refractivity contribution is 0.0694. The Kier molecular flexibility index (Phi) is 5.29. The number of hydrogen-bond donors (Lipinski definition) is 2. The molecule has 1 aliphatic carbocycles. The largest absolute Gasteiger partial charge is 0.477 e. The summed E-state index contributed by atoms with van der Waals surface area (Å²) in [7, 11) is 0. The third kappa shape index (κ3) is 3.68. The van der Waals surface area contributed by atoms with Crippen LogP contribution in [0.2, 0.25) is 0 Å². The number of carboxylic acids is 1. The molecule has 160 valence electrons. The molecular formula is C20H22F2N4O4. The van der Waals surface area contributed by atoms with Crippen LogP contribution in [0.1, 0.15) is 36.2 Å². The summed E-state index contributed by atoms with van der Waals surface area (Å²) >= 11 is 0. The van der Waals surface area contributed by atoms with Crippen molar-refractivity contribution in [1.82, 2.24) is 9.55 Å². The molecule has 2 aromatic heterocycles. The summed E-state index contributed by atoms with van der Waals surface area (Å²) in [6, 6.07) is 1.03. The number of ether oxygens (including phenoxy) is 1. The molecule has 2 fully saturated rings. The molecule has 2 aliphatic rings. The van der Waals surface area contributed by atoms with Gasteiger partial charge in [-0.15, -0.1) is 0 Å². The molecule has 4 rings (SSSR count). The van der Waals surface area contributed by atoms with E-state index in [1.54, 1.807) is 16.4 Å². The van der Waals surface area contributed by atoms with Gasteiger partial charge < -0.3 is 25.0 Å². The Bertz CT molecular complexity index is 1110. The predicted molar refractivity (Wildman–Crippen MR) is 106 cm³/mol. The molecule has 8 nitrogen and oxygen atoms in total. The Morgan fingerprint density at radius 1 is 1.43 bits per heavy atom. The first kappa shape index (κ1) is 20.4. The second kappa shape index (κ2) is 7.77. The Labute approximate surface area is 170 Å². The average molecular weight is 420 g/mol. The molecule has 0 unspecified atom stereocenters. The number of carboxylic acid groups (broad SMARTS) is 1. The minimum absolute atomic E-state index is 0.00791. The fourth-order valence-corrected chi connectivity index (χ4v) is 3.66. The van der Waals surface area contributed by atoms with Crippen LogP contribution in [0.5, 0.6) is 0 Å². The van der Waals surface area contributed by atoms with E-state index in [9.17, 15) is 19.1 Å². The van der Waals surface area contributed by atoms with Crippen LogP contribution in [0.4, 0.5) is 14.6 Å². The van der Waals surface area contributed by atoms with Crippen LogP contribution in [0.25, 0.3) is 11.0 Å². The van der Waals surface area contributed by atoms with E-state index in [0.717, 1.165) is 18.9 Å². The van der Waals surface area contributed by atoms with E-state index in [0.29, 0.717) is 5.57 Å². The van der Waals surface area contributed by atoms with E-state index in [4.69, 9.17) is 10.5 Å². The fraction of sp³-hybridized carbons (Fsp3) is 0.450. The first-order valence-corrected chi connectivity index (χ1v) is 9.71. The molecular weight excluding hydrogens is 398 g/mol. The summed E-state index contributed by atoms with van der Waals surface area (Å²) in [5, 5.41) is 9.25. The molecule has 0 aromatic carbocycles. The van der Waals surface area contributed by atoms with Gasteiger partial charge in [-0.25, -0.2) is 18.6 Å². The normalized spacial score (nSPS) is 21.6. The first-order chi connectivity index (χ1) is 14.3. The van der Waals surface area contributed by atoms with E-state index in [-0.39, 0.29) is 55.2 Å². The molecule has 0 spiro atoms. The molecule has 30 heavy (non-hydrogen) atoms. The molecule has 2 aromatic rings. The summed E-state index contributed by atoms with van der Waals surface area (Å²) in [5.74, 6) is -2.72. The highest BCUT2D eigenvalue weighted by molar-refractivity contribution is 5.92. The lowest BCUT2D eigenvalue weighted by Gasteiger charge is -2.25. The number of pyridine rings is 2. The smallest absolute Gasteiger partial charge is 0.341 e. The quantitative estimate of drug-likeness (QED) is 0.778. The van der Waals surface area contributed by atoms with Crippen LogP contribution in [0, 0.1) is 5.82 Å². The zero-order valence-corrected chi connectivity index (χ0v) is 16.4. The number of halogens is 2. The van der Waals surface area contributed by atoms with Crippen molar-refractivity contribution in [2.24, 2.45) is 5.73 Å². The van der Waals surface area contributed by atoms with Crippen LogP contribution in [0.15, 0.2) is 28.5 Å². The first-order valence-electron chi connectivity index (χ1n) is 9.71. The Hall–Kier alpha value is -2.85. The van der Waals surface area contributed by atoms with E-state index < -0.39 is 28.6 Å². The predicted octanol–water partition coefficient (Wildman–Crippen LogP) is 1.98. The Morgan fingerprint density at radius 2 is 2.17 bits per heavy atom. The summed E-state index contributed by atoms with van der Waals surface area (Å²) in [6.45, 7) is 1.86. The molecule has 3 heterocycles. The van der Waals surface area contributed by atoms with Crippen molar-refractivity contribution >= 4 is 22.8 Å². The van der Waals surface area contributed by atoms with Crippen LogP contribution in [-0.4, -0.2) is 53.0 Å². The Balaban J connectivity index is 1.88. The summed E-state index contributed by atoms with van der Waals surface area (Å²) in [4.78, 5) is 30.0. The molecule has 1 saturated heterocycles. The number of aromatic carboxylic acids is 1. The lowest BCUT2D eigenvalue weighted by atomic mass is 10.1. The van der Waals surface area contributed by atoms with Gasteiger partial charge in [-0.1, -0.05) is 0 Å². The molecule has 0 radical (unpaired) electrons. The SMILES string of the molecule is C[C@@H]1CN(c2nc3c(cc2F)c(=O)c(C(=O)O)cn3C2CC2)C/C(=C(/F)CN)CO1. The monoisotopic (exact) mass is 420 g/mol. The molecule has 0 bridgehead atoms. The second-order valence-electron chi connectivity index (χ2n) is 7.70. The van der Waals surface area contributed by atoms with Gasteiger partial charge in [-0.05, 0) is 25.8 Å². The van der Waals surface area contributed by atoms with Crippen molar-refractivity contribution in [3.8, 4) is 0 Å². The van der Waals surface area contributed by atoms with E-state index in [2.05, 4.69) is 4.98 Å². The van der Waals surface area contributed by atoms with Gasteiger partial charge in [0, 0.05) is 37.4 Å². The standard InChI is InChI=1S/C20H22F2N4O4/c1-10-6-25(7-11(9-30-10)16(22)5-23)19-15(21)4-13-17(27)14(20(28)29)8-26(12-2-3-12)18(13)24-19/h4,8,10,12H,2-3,5-7,9,23H2,1H3,(H,28,29)/b16-11-/t10-/m1/s1. The third-order valence-electron chi connectivity index (χ3n) is 5.37. The van der Waals surface area contributed by atoms with Crippen molar-refractivity contribution < 1.29 is 23.4 Å². The number of nitrogens with zero attached hydrogens (tertiary/aromatic N) is 3. The second-order valence-corrected chi connectivity index (χ2v) is 7.70. The third-order valence-corrected chi connectivity index (χ3v) is 5.37. The molecule has 1 aliphatic heterocycles. The van der Waals surface area contributed by atoms with Gasteiger partial charge in [0.05, 0.1) is 18.1 Å². The number of carbonyl (C=O) groups is 1. The molecule has 1 saturated carbocycles. The van der Waals surface area contributed by atoms with Gasteiger partial charge >= 0.3 is 5.97 Å². The summed E-state index contributed by atoms with van der Waals surface area (Å²) in [5.41, 5.74) is 4.73. The number of rotatable bonds is 4. The molecule has 0 amide bonds. The van der Waals surface area contributed by atoms with Gasteiger partial charge in [-0.2, -0.15) is 0 Å². The maximum Gasteiger partial charge on any atom is 0.341 e. The summed E-state index contributed by atoms with van der Waals surface area (Å²) in [6.07, 6.45) is 2.58. The van der Waals surface area contributed by atoms with Gasteiger partial charge in [0.15, 0.2) is 11.6 Å².